The zero-order valence-corrected chi connectivity index (χ0v) is 12.4. The fourth-order valence-electron chi connectivity index (χ4n) is 3.20. The molecule has 1 atom stereocenters. The van der Waals surface area contributed by atoms with E-state index in [0.29, 0.717) is 0 Å². The van der Waals surface area contributed by atoms with Gasteiger partial charge in [0.1, 0.15) is 0 Å². The highest BCUT2D eigenvalue weighted by Gasteiger charge is 2.31. The minimum Gasteiger partial charge on any atom is -0.316 e. The number of piperidine rings is 1. The summed E-state index contributed by atoms with van der Waals surface area (Å²) in [5, 5.41) is 3.54. The summed E-state index contributed by atoms with van der Waals surface area (Å²) in [6.07, 6.45) is 5.47. The third-order valence-electron chi connectivity index (χ3n) is 4.53. The van der Waals surface area contributed by atoms with Crippen molar-refractivity contribution >= 4 is 5.57 Å². The number of hydrogen-bond donors (Lipinski definition) is 1. The Hall–Kier alpha value is -1.12. The van der Waals surface area contributed by atoms with E-state index in [1.165, 1.54) is 56.5 Å². The van der Waals surface area contributed by atoms with Crippen LogP contribution < -0.4 is 5.32 Å². The van der Waals surface area contributed by atoms with E-state index in [4.69, 9.17) is 0 Å². The number of rotatable bonds is 6. The predicted octanol–water partition coefficient (Wildman–Crippen LogP) is 3.16. The van der Waals surface area contributed by atoms with Crippen molar-refractivity contribution in [3.05, 3.63) is 42.5 Å². The lowest BCUT2D eigenvalue weighted by molar-refractivity contribution is 0.220. The standard InChI is InChI=1S/C18H26N2/c1-15(17-7-3-2-4-8-17)13-20(18-9-10-18)14-16-6-5-11-19-12-16/h2-4,7-8,16,18-19H,1,5-6,9-14H2. The Morgan fingerprint density at radius 3 is 2.65 bits per heavy atom. The maximum absolute atomic E-state index is 4.31. The SMILES string of the molecule is C=C(CN(CC1CCCNC1)C1CC1)c1ccccc1. The first-order valence-electron chi connectivity index (χ1n) is 8.01. The zero-order chi connectivity index (χ0) is 13.8. The fraction of sp³-hybridized carbons (Fsp3) is 0.556. The van der Waals surface area contributed by atoms with Crippen molar-refractivity contribution in [3.8, 4) is 0 Å². The van der Waals surface area contributed by atoms with E-state index in [9.17, 15) is 0 Å². The van der Waals surface area contributed by atoms with Crippen LogP contribution in [0.15, 0.2) is 36.9 Å². The fourth-order valence-corrected chi connectivity index (χ4v) is 3.20. The Morgan fingerprint density at radius 2 is 2.00 bits per heavy atom. The second-order valence-corrected chi connectivity index (χ2v) is 6.34. The molecule has 0 spiro atoms. The lowest BCUT2D eigenvalue weighted by atomic mass is 9.98. The molecule has 1 aliphatic heterocycles. The highest BCUT2D eigenvalue weighted by Crippen LogP contribution is 2.30. The van der Waals surface area contributed by atoms with Gasteiger partial charge in [-0.2, -0.15) is 0 Å². The number of hydrogen-bond acceptors (Lipinski definition) is 2. The molecular weight excluding hydrogens is 244 g/mol. The van der Waals surface area contributed by atoms with E-state index in [0.717, 1.165) is 18.5 Å². The van der Waals surface area contributed by atoms with Gasteiger partial charge in [-0.15, -0.1) is 0 Å². The Labute approximate surface area is 122 Å². The molecule has 2 aliphatic rings. The number of nitrogens with zero attached hydrogens (tertiary/aromatic N) is 1. The van der Waals surface area contributed by atoms with E-state index >= 15 is 0 Å². The lowest BCUT2D eigenvalue weighted by Crippen LogP contribution is -2.39. The van der Waals surface area contributed by atoms with Crippen LogP contribution in [-0.4, -0.2) is 37.1 Å². The van der Waals surface area contributed by atoms with Crippen molar-refractivity contribution in [3.63, 3.8) is 0 Å². The van der Waals surface area contributed by atoms with Crippen molar-refractivity contribution in [1.82, 2.24) is 10.2 Å². The van der Waals surface area contributed by atoms with E-state index in [1.54, 1.807) is 0 Å². The molecule has 1 saturated carbocycles. The Morgan fingerprint density at radius 1 is 1.20 bits per heavy atom. The molecule has 0 aromatic heterocycles. The van der Waals surface area contributed by atoms with Crippen molar-refractivity contribution in [1.29, 1.82) is 0 Å². The minimum atomic E-state index is 0.817. The van der Waals surface area contributed by atoms with Crippen molar-refractivity contribution in [2.75, 3.05) is 26.2 Å². The molecule has 0 bridgehead atoms. The van der Waals surface area contributed by atoms with E-state index in [1.807, 2.05) is 0 Å². The third kappa shape index (κ3) is 3.71. The lowest BCUT2D eigenvalue weighted by Gasteiger charge is -2.30. The van der Waals surface area contributed by atoms with Crippen LogP contribution in [-0.2, 0) is 0 Å². The molecule has 1 saturated heterocycles. The van der Waals surface area contributed by atoms with Gasteiger partial charge < -0.3 is 5.32 Å². The second kappa shape index (κ2) is 6.55. The van der Waals surface area contributed by atoms with Gasteiger partial charge in [-0.1, -0.05) is 36.9 Å². The van der Waals surface area contributed by atoms with Gasteiger partial charge in [-0.05, 0) is 55.8 Å². The maximum atomic E-state index is 4.31. The number of benzene rings is 1. The van der Waals surface area contributed by atoms with E-state index in [2.05, 4.69) is 47.1 Å². The molecule has 1 aromatic carbocycles. The molecule has 0 amide bonds. The molecule has 1 aliphatic carbocycles. The van der Waals surface area contributed by atoms with Gasteiger partial charge in [0.2, 0.25) is 0 Å². The third-order valence-corrected chi connectivity index (χ3v) is 4.53. The van der Waals surface area contributed by atoms with Gasteiger partial charge in [-0.3, -0.25) is 4.90 Å². The smallest absolute Gasteiger partial charge is 0.0236 e. The van der Waals surface area contributed by atoms with Gasteiger partial charge in [0.05, 0.1) is 0 Å². The van der Waals surface area contributed by atoms with Gasteiger partial charge in [0, 0.05) is 19.1 Å². The summed E-state index contributed by atoms with van der Waals surface area (Å²) < 4.78 is 0. The van der Waals surface area contributed by atoms with Crippen molar-refractivity contribution < 1.29 is 0 Å². The molecule has 1 unspecified atom stereocenters. The molecule has 1 heterocycles. The topological polar surface area (TPSA) is 15.3 Å². The van der Waals surface area contributed by atoms with Gasteiger partial charge in [0.15, 0.2) is 0 Å². The van der Waals surface area contributed by atoms with Crippen molar-refractivity contribution in [2.24, 2.45) is 5.92 Å². The molecule has 3 rings (SSSR count). The highest BCUT2D eigenvalue weighted by molar-refractivity contribution is 5.64. The predicted molar refractivity (Wildman–Crippen MR) is 85.7 cm³/mol. The summed E-state index contributed by atoms with van der Waals surface area (Å²) in [6, 6.07) is 11.5. The average Bonchev–Trinajstić information content (AvgIpc) is 3.33. The van der Waals surface area contributed by atoms with E-state index in [-0.39, 0.29) is 0 Å². The summed E-state index contributed by atoms with van der Waals surface area (Å²) in [5.74, 6) is 0.827. The first kappa shape index (κ1) is 13.8. The first-order valence-corrected chi connectivity index (χ1v) is 8.01. The van der Waals surface area contributed by atoms with Crippen LogP contribution in [0.1, 0.15) is 31.2 Å². The largest absolute Gasteiger partial charge is 0.316 e. The summed E-state index contributed by atoms with van der Waals surface area (Å²) in [5.41, 5.74) is 2.56. The van der Waals surface area contributed by atoms with Crippen LogP contribution >= 0.6 is 0 Å². The molecule has 1 aromatic rings. The van der Waals surface area contributed by atoms with Gasteiger partial charge >= 0.3 is 0 Å². The maximum Gasteiger partial charge on any atom is 0.0236 e. The molecular formula is C18H26N2. The molecule has 0 radical (unpaired) electrons. The molecule has 2 fully saturated rings. The van der Waals surface area contributed by atoms with Crippen LogP contribution in [0.5, 0.6) is 0 Å². The van der Waals surface area contributed by atoms with Crippen LogP contribution in [0, 0.1) is 5.92 Å². The Kier molecular flexibility index (Phi) is 4.54. The summed E-state index contributed by atoms with van der Waals surface area (Å²) in [7, 11) is 0. The summed E-state index contributed by atoms with van der Waals surface area (Å²) in [6.45, 7) is 8.98. The monoisotopic (exact) mass is 270 g/mol. The van der Waals surface area contributed by atoms with E-state index < -0.39 is 0 Å². The van der Waals surface area contributed by atoms with Crippen molar-refractivity contribution in [2.45, 2.75) is 31.7 Å². The van der Waals surface area contributed by atoms with Crippen LogP contribution in [0.2, 0.25) is 0 Å². The normalized spacial score (nSPS) is 22.9. The quantitative estimate of drug-likeness (QED) is 0.854. The van der Waals surface area contributed by atoms with Crippen LogP contribution in [0.4, 0.5) is 0 Å². The minimum absolute atomic E-state index is 0.817. The van der Waals surface area contributed by atoms with Crippen LogP contribution in [0.3, 0.4) is 0 Å². The Bertz CT molecular complexity index is 430. The van der Waals surface area contributed by atoms with Gasteiger partial charge in [0.25, 0.3) is 0 Å². The molecule has 20 heavy (non-hydrogen) atoms. The van der Waals surface area contributed by atoms with Gasteiger partial charge in [-0.25, -0.2) is 0 Å². The summed E-state index contributed by atoms with van der Waals surface area (Å²) >= 11 is 0. The Balaban J connectivity index is 1.58. The highest BCUT2D eigenvalue weighted by atomic mass is 15.2. The number of nitrogens with one attached hydrogen (secondary N) is 1. The first-order chi connectivity index (χ1) is 9.83. The summed E-state index contributed by atoms with van der Waals surface area (Å²) in [4.78, 5) is 2.67. The molecule has 108 valence electrons. The molecule has 2 nitrogen and oxygen atoms in total. The molecule has 2 heteroatoms. The zero-order valence-electron chi connectivity index (χ0n) is 12.4. The average molecular weight is 270 g/mol. The van der Waals surface area contributed by atoms with Crippen LogP contribution in [0.25, 0.3) is 5.57 Å². The molecule has 1 N–H and O–H groups in total. The second-order valence-electron chi connectivity index (χ2n) is 6.34.